The van der Waals surface area contributed by atoms with Crippen molar-refractivity contribution in [2.75, 3.05) is 19.6 Å². The largest absolute Gasteiger partial charge is 0.481 e. The van der Waals surface area contributed by atoms with Crippen LogP contribution in [0, 0.1) is 5.41 Å². The van der Waals surface area contributed by atoms with Crippen molar-refractivity contribution in [2.24, 2.45) is 5.41 Å². The number of hydrogen-bond acceptors (Lipinski definition) is 2. The Kier molecular flexibility index (Phi) is 3.93. The topological polar surface area (TPSA) is 69.6 Å². The zero-order valence-electron chi connectivity index (χ0n) is 9.69. The van der Waals surface area contributed by atoms with Crippen LogP contribution in [0.15, 0.2) is 12.2 Å². The van der Waals surface area contributed by atoms with Crippen LogP contribution in [0.25, 0.3) is 0 Å². The number of urea groups is 1. The molecule has 5 heteroatoms. The van der Waals surface area contributed by atoms with Crippen LogP contribution >= 0.6 is 0 Å². The molecule has 0 radical (unpaired) electrons. The molecule has 0 aromatic rings. The number of amides is 2. The highest BCUT2D eigenvalue weighted by Crippen LogP contribution is 2.13. The van der Waals surface area contributed by atoms with Crippen molar-refractivity contribution >= 4 is 12.0 Å². The van der Waals surface area contributed by atoms with Crippen LogP contribution in [0.4, 0.5) is 4.79 Å². The quantitative estimate of drug-likeness (QED) is 0.707. The number of carbonyl (C=O) groups excluding carboxylic acids is 1. The lowest BCUT2D eigenvalue weighted by Gasteiger charge is -2.26. The molecule has 2 N–H and O–H groups in total. The summed E-state index contributed by atoms with van der Waals surface area (Å²) in [7, 11) is 0. The Labute approximate surface area is 95.1 Å². The molecule has 0 spiro atoms. The fourth-order valence-corrected chi connectivity index (χ4v) is 1.31. The van der Waals surface area contributed by atoms with E-state index in [2.05, 4.69) is 5.32 Å². The van der Waals surface area contributed by atoms with Crippen molar-refractivity contribution in [1.29, 1.82) is 0 Å². The van der Waals surface area contributed by atoms with Gasteiger partial charge in [0.1, 0.15) is 0 Å². The molecule has 0 aliphatic carbocycles. The predicted octanol–water partition coefficient (Wildman–Crippen LogP) is 1.07. The summed E-state index contributed by atoms with van der Waals surface area (Å²) in [4.78, 5) is 24.2. The molecule has 0 atom stereocenters. The van der Waals surface area contributed by atoms with Crippen LogP contribution in [0.5, 0.6) is 0 Å². The Morgan fingerprint density at radius 1 is 1.44 bits per heavy atom. The van der Waals surface area contributed by atoms with Crippen molar-refractivity contribution in [2.45, 2.75) is 20.3 Å². The van der Waals surface area contributed by atoms with E-state index in [9.17, 15) is 9.59 Å². The Morgan fingerprint density at radius 3 is 2.62 bits per heavy atom. The summed E-state index contributed by atoms with van der Waals surface area (Å²) < 4.78 is 0. The lowest BCUT2D eigenvalue weighted by atomic mass is 9.94. The lowest BCUT2D eigenvalue weighted by molar-refractivity contribution is -0.146. The molecule has 1 heterocycles. The van der Waals surface area contributed by atoms with Gasteiger partial charge in [0.2, 0.25) is 0 Å². The lowest BCUT2D eigenvalue weighted by Crippen LogP contribution is -2.46. The molecule has 0 saturated heterocycles. The van der Waals surface area contributed by atoms with Gasteiger partial charge < -0.3 is 15.3 Å². The van der Waals surface area contributed by atoms with Crippen LogP contribution in [-0.2, 0) is 4.79 Å². The molecular formula is C11H18N2O3. The third-order valence-corrected chi connectivity index (χ3v) is 2.61. The smallest absolute Gasteiger partial charge is 0.317 e. The van der Waals surface area contributed by atoms with E-state index >= 15 is 0 Å². The fourth-order valence-electron chi connectivity index (χ4n) is 1.31. The maximum Gasteiger partial charge on any atom is 0.317 e. The highest BCUT2D eigenvalue weighted by atomic mass is 16.4. The number of nitrogens with one attached hydrogen (secondary N) is 1. The van der Waals surface area contributed by atoms with E-state index in [-0.39, 0.29) is 12.6 Å². The van der Waals surface area contributed by atoms with E-state index in [4.69, 9.17) is 5.11 Å². The zero-order valence-corrected chi connectivity index (χ0v) is 9.69. The molecule has 0 bridgehead atoms. The second kappa shape index (κ2) is 5.01. The fraction of sp³-hybridized carbons (Fsp3) is 0.636. The van der Waals surface area contributed by atoms with Crippen molar-refractivity contribution in [3.05, 3.63) is 12.2 Å². The average Bonchev–Trinajstić information content (AvgIpc) is 2.27. The van der Waals surface area contributed by atoms with E-state index in [1.807, 2.05) is 12.2 Å². The number of aliphatic carboxylic acids is 1. The number of carboxylic acids is 1. The summed E-state index contributed by atoms with van der Waals surface area (Å²) in [6.07, 6.45) is 4.83. The second-order valence-electron chi connectivity index (χ2n) is 4.55. The van der Waals surface area contributed by atoms with Crippen LogP contribution in [0.2, 0.25) is 0 Å². The third-order valence-electron chi connectivity index (χ3n) is 2.61. The molecule has 90 valence electrons. The van der Waals surface area contributed by atoms with Crippen LogP contribution in [-0.4, -0.2) is 41.6 Å². The van der Waals surface area contributed by atoms with E-state index in [1.54, 1.807) is 18.7 Å². The average molecular weight is 226 g/mol. The number of carboxylic acid groups (broad SMARTS) is 1. The van der Waals surface area contributed by atoms with Gasteiger partial charge >= 0.3 is 12.0 Å². The van der Waals surface area contributed by atoms with Crippen molar-refractivity contribution in [1.82, 2.24) is 10.2 Å². The van der Waals surface area contributed by atoms with E-state index in [1.165, 1.54) is 0 Å². The van der Waals surface area contributed by atoms with E-state index in [0.29, 0.717) is 13.1 Å². The molecular weight excluding hydrogens is 208 g/mol. The SMILES string of the molecule is CC(C)(CNC(=O)N1CC=CCC1)C(=O)O. The normalized spacial score (nSPS) is 16.0. The number of nitrogens with zero attached hydrogens (tertiary/aromatic N) is 1. The minimum Gasteiger partial charge on any atom is -0.481 e. The van der Waals surface area contributed by atoms with Gasteiger partial charge in [-0.3, -0.25) is 4.79 Å². The van der Waals surface area contributed by atoms with Crippen LogP contribution < -0.4 is 5.32 Å². The predicted molar refractivity (Wildman–Crippen MR) is 60.1 cm³/mol. The molecule has 5 nitrogen and oxygen atoms in total. The van der Waals surface area contributed by atoms with Gasteiger partial charge in [0, 0.05) is 19.6 Å². The van der Waals surface area contributed by atoms with Gasteiger partial charge in [-0.25, -0.2) is 4.79 Å². The number of hydrogen-bond donors (Lipinski definition) is 2. The summed E-state index contributed by atoms with van der Waals surface area (Å²) in [6.45, 7) is 4.61. The summed E-state index contributed by atoms with van der Waals surface area (Å²) >= 11 is 0. The molecule has 0 aromatic heterocycles. The Hall–Kier alpha value is -1.52. The maximum atomic E-state index is 11.7. The first-order chi connectivity index (χ1) is 7.43. The van der Waals surface area contributed by atoms with Gasteiger partial charge in [-0.05, 0) is 20.3 Å². The van der Waals surface area contributed by atoms with E-state index in [0.717, 1.165) is 6.42 Å². The summed E-state index contributed by atoms with van der Waals surface area (Å²) in [5.41, 5.74) is -0.929. The molecule has 16 heavy (non-hydrogen) atoms. The van der Waals surface area contributed by atoms with Gasteiger partial charge in [0.15, 0.2) is 0 Å². The first-order valence-electron chi connectivity index (χ1n) is 5.34. The number of rotatable bonds is 3. The van der Waals surface area contributed by atoms with Crippen molar-refractivity contribution < 1.29 is 14.7 Å². The van der Waals surface area contributed by atoms with Crippen molar-refractivity contribution in [3.8, 4) is 0 Å². The highest BCUT2D eigenvalue weighted by molar-refractivity contribution is 5.77. The van der Waals surface area contributed by atoms with E-state index < -0.39 is 11.4 Å². The summed E-state index contributed by atoms with van der Waals surface area (Å²) in [6, 6.07) is -0.196. The van der Waals surface area contributed by atoms with Gasteiger partial charge in [0.25, 0.3) is 0 Å². The Bertz CT molecular complexity index is 310. The van der Waals surface area contributed by atoms with Gasteiger partial charge in [-0.15, -0.1) is 0 Å². The minimum absolute atomic E-state index is 0.140. The molecule has 2 amide bonds. The molecule has 1 aliphatic heterocycles. The first-order valence-corrected chi connectivity index (χ1v) is 5.34. The first kappa shape index (κ1) is 12.5. The minimum atomic E-state index is -0.929. The molecule has 0 saturated carbocycles. The Morgan fingerprint density at radius 2 is 2.12 bits per heavy atom. The van der Waals surface area contributed by atoms with Crippen LogP contribution in [0.1, 0.15) is 20.3 Å². The van der Waals surface area contributed by atoms with Gasteiger partial charge in [0.05, 0.1) is 5.41 Å². The molecule has 0 aromatic carbocycles. The second-order valence-corrected chi connectivity index (χ2v) is 4.55. The monoisotopic (exact) mass is 226 g/mol. The standard InChI is InChI=1S/C11H18N2O3/c1-11(2,9(14)15)8-12-10(16)13-6-4-3-5-7-13/h3-4H,5-8H2,1-2H3,(H,12,16)(H,14,15). The Balaban J connectivity index is 2.40. The number of carbonyl (C=O) groups is 2. The summed E-state index contributed by atoms with van der Waals surface area (Å²) in [5, 5.41) is 11.5. The summed E-state index contributed by atoms with van der Waals surface area (Å²) in [5.74, 6) is -0.911. The van der Waals surface area contributed by atoms with Crippen LogP contribution in [0.3, 0.4) is 0 Å². The molecule has 1 rings (SSSR count). The third kappa shape index (κ3) is 3.25. The molecule has 1 aliphatic rings. The van der Waals surface area contributed by atoms with Gasteiger partial charge in [-0.2, -0.15) is 0 Å². The zero-order chi connectivity index (χ0) is 12.2. The highest BCUT2D eigenvalue weighted by Gasteiger charge is 2.28. The van der Waals surface area contributed by atoms with Crippen molar-refractivity contribution in [3.63, 3.8) is 0 Å². The van der Waals surface area contributed by atoms with Gasteiger partial charge in [-0.1, -0.05) is 12.2 Å². The maximum absolute atomic E-state index is 11.7. The molecule has 0 unspecified atom stereocenters. The molecule has 0 fully saturated rings.